The number of nitrogens with zero attached hydrogens (tertiary/aromatic N) is 2. The van der Waals surface area contributed by atoms with E-state index in [0.29, 0.717) is 5.75 Å². The summed E-state index contributed by atoms with van der Waals surface area (Å²) in [6.45, 7) is 5.07. The predicted octanol–water partition coefficient (Wildman–Crippen LogP) is 4.64. The van der Waals surface area contributed by atoms with Gasteiger partial charge in [0.2, 0.25) is 0 Å². The molecule has 0 atom stereocenters. The van der Waals surface area contributed by atoms with E-state index in [9.17, 15) is 4.79 Å². The summed E-state index contributed by atoms with van der Waals surface area (Å²) in [6.07, 6.45) is 1.01. The Bertz CT molecular complexity index is 907. The van der Waals surface area contributed by atoms with Crippen molar-refractivity contribution in [2.45, 2.75) is 31.7 Å². The molecule has 124 valence electrons. The molecular weight excluding hydrogens is 336 g/mol. The number of fused-ring (bicyclic) bond motifs is 1. The Kier molecular flexibility index (Phi) is 5.53. The number of aryl methyl sites for hydroxylation is 2. The highest BCUT2D eigenvalue weighted by atomic mass is 32.2. The summed E-state index contributed by atoms with van der Waals surface area (Å²) in [5.74, 6) is 0.278. The lowest BCUT2D eigenvalue weighted by Gasteiger charge is -2.02. The third-order valence-electron chi connectivity index (χ3n) is 3.64. The summed E-state index contributed by atoms with van der Waals surface area (Å²) in [6, 6.07) is 16.4. The van der Waals surface area contributed by atoms with Crippen molar-refractivity contribution >= 4 is 39.2 Å². The second kappa shape index (κ2) is 7.81. The zero-order valence-corrected chi connectivity index (χ0v) is 15.5. The molecule has 0 saturated carbocycles. The summed E-state index contributed by atoms with van der Waals surface area (Å²) < 4.78 is 3.32. The first-order chi connectivity index (χ1) is 11.7. The lowest BCUT2D eigenvalue weighted by atomic mass is 10.2. The maximum Gasteiger partial charge on any atom is 0.258 e. The molecule has 0 radical (unpaired) electrons. The minimum Gasteiger partial charge on any atom is -0.316 e. The molecule has 0 spiro atoms. The van der Waals surface area contributed by atoms with Crippen molar-refractivity contribution in [1.82, 2.24) is 4.57 Å². The van der Waals surface area contributed by atoms with Crippen molar-refractivity contribution in [3.63, 3.8) is 0 Å². The number of aromatic nitrogens is 1. The zero-order valence-electron chi connectivity index (χ0n) is 13.9. The predicted molar refractivity (Wildman–Crippen MR) is 103 cm³/mol. The van der Waals surface area contributed by atoms with Gasteiger partial charge in [0, 0.05) is 11.4 Å². The number of carbonyl (C=O) groups is 1. The van der Waals surface area contributed by atoms with Gasteiger partial charge < -0.3 is 4.57 Å². The number of rotatable bonds is 5. The Labute approximate surface area is 150 Å². The monoisotopic (exact) mass is 356 g/mol. The number of hydrogen-bond acceptors (Lipinski definition) is 3. The third-order valence-corrected chi connectivity index (χ3v) is 5.70. The molecule has 3 rings (SSSR count). The number of thiazole rings is 1. The van der Waals surface area contributed by atoms with Crippen molar-refractivity contribution in [1.29, 1.82) is 0 Å². The molecule has 0 aliphatic heterocycles. The number of para-hydroxylation sites is 1. The van der Waals surface area contributed by atoms with E-state index in [1.807, 2.05) is 24.3 Å². The van der Waals surface area contributed by atoms with Crippen LogP contribution in [0.4, 0.5) is 0 Å². The molecule has 0 aliphatic rings. The number of amides is 1. The molecular formula is C19H20N2OS2. The van der Waals surface area contributed by atoms with Gasteiger partial charge >= 0.3 is 0 Å². The van der Waals surface area contributed by atoms with Gasteiger partial charge in [0.25, 0.3) is 5.91 Å². The van der Waals surface area contributed by atoms with Gasteiger partial charge in [0.15, 0.2) is 4.80 Å². The van der Waals surface area contributed by atoms with Crippen LogP contribution < -0.4 is 4.80 Å². The Balaban J connectivity index is 1.82. The maximum absolute atomic E-state index is 12.3. The van der Waals surface area contributed by atoms with Crippen LogP contribution in [0, 0.1) is 6.92 Å². The van der Waals surface area contributed by atoms with E-state index in [-0.39, 0.29) is 5.91 Å². The molecule has 3 nitrogen and oxygen atoms in total. The molecule has 0 saturated heterocycles. The van der Waals surface area contributed by atoms with Crippen LogP contribution in [0.25, 0.3) is 10.2 Å². The second-order valence-corrected chi connectivity index (χ2v) is 7.67. The minimum absolute atomic E-state index is 0.0861. The SMILES string of the molecule is CCCn1c(=NC(=O)CSc2ccc(C)cc2)sc2ccccc21. The van der Waals surface area contributed by atoms with Gasteiger partial charge in [-0.3, -0.25) is 4.79 Å². The maximum atomic E-state index is 12.3. The minimum atomic E-state index is -0.0861. The summed E-state index contributed by atoms with van der Waals surface area (Å²) in [5, 5.41) is 0. The first kappa shape index (κ1) is 17.0. The van der Waals surface area contributed by atoms with Gasteiger partial charge in [0.05, 0.1) is 16.0 Å². The highest BCUT2D eigenvalue weighted by Gasteiger charge is 2.07. The average molecular weight is 357 g/mol. The number of thioether (sulfide) groups is 1. The molecule has 1 heterocycles. The fourth-order valence-electron chi connectivity index (χ4n) is 2.46. The van der Waals surface area contributed by atoms with Crippen LogP contribution in [0.1, 0.15) is 18.9 Å². The highest BCUT2D eigenvalue weighted by molar-refractivity contribution is 8.00. The Morgan fingerprint density at radius 3 is 2.67 bits per heavy atom. The molecule has 1 amide bonds. The molecule has 0 aliphatic carbocycles. The van der Waals surface area contributed by atoms with E-state index in [1.165, 1.54) is 22.0 Å². The normalized spacial score (nSPS) is 12.0. The standard InChI is InChI=1S/C19H20N2OS2/c1-3-12-21-16-6-4-5-7-17(16)24-19(21)20-18(22)13-23-15-10-8-14(2)9-11-15/h4-11H,3,12-13H2,1-2H3. The summed E-state index contributed by atoms with van der Waals surface area (Å²) in [4.78, 5) is 18.6. The molecule has 5 heteroatoms. The van der Waals surface area contributed by atoms with Crippen LogP contribution in [-0.2, 0) is 11.3 Å². The molecule has 2 aromatic carbocycles. The lowest BCUT2D eigenvalue weighted by Crippen LogP contribution is -2.17. The van der Waals surface area contributed by atoms with Gasteiger partial charge in [-0.2, -0.15) is 4.99 Å². The van der Waals surface area contributed by atoms with Crippen LogP contribution in [-0.4, -0.2) is 16.2 Å². The Hall–Kier alpha value is -1.85. The Morgan fingerprint density at radius 2 is 1.92 bits per heavy atom. The quantitative estimate of drug-likeness (QED) is 0.624. The molecule has 1 aromatic heterocycles. The number of carbonyl (C=O) groups excluding carboxylic acids is 1. The van der Waals surface area contributed by atoms with Crippen molar-refractivity contribution in [3.05, 3.63) is 58.9 Å². The second-order valence-electron chi connectivity index (χ2n) is 5.61. The summed E-state index contributed by atoms with van der Waals surface area (Å²) in [7, 11) is 0. The largest absolute Gasteiger partial charge is 0.316 e. The van der Waals surface area contributed by atoms with E-state index in [1.54, 1.807) is 11.3 Å². The van der Waals surface area contributed by atoms with Crippen LogP contribution in [0.3, 0.4) is 0 Å². The van der Waals surface area contributed by atoms with E-state index in [2.05, 4.69) is 47.7 Å². The summed E-state index contributed by atoms with van der Waals surface area (Å²) >= 11 is 3.12. The van der Waals surface area contributed by atoms with Gasteiger partial charge in [0.1, 0.15) is 0 Å². The van der Waals surface area contributed by atoms with Crippen LogP contribution in [0.15, 0.2) is 58.4 Å². The molecule has 3 aromatic rings. The smallest absolute Gasteiger partial charge is 0.258 e. The van der Waals surface area contributed by atoms with E-state index >= 15 is 0 Å². The van der Waals surface area contributed by atoms with Crippen molar-refractivity contribution < 1.29 is 4.79 Å². The fourth-order valence-corrected chi connectivity index (χ4v) is 4.22. The van der Waals surface area contributed by atoms with Gasteiger partial charge in [-0.25, -0.2) is 0 Å². The van der Waals surface area contributed by atoms with Gasteiger partial charge in [-0.1, -0.05) is 48.1 Å². The zero-order chi connectivity index (χ0) is 16.9. The number of benzene rings is 2. The lowest BCUT2D eigenvalue weighted by molar-refractivity contribution is -0.115. The van der Waals surface area contributed by atoms with Gasteiger partial charge in [-0.15, -0.1) is 11.8 Å². The van der Waals surface area contributed by atoms with E-state index < -0.39 is 0 Å². The first-order valence-electron chi connectivity index (χ1n) is 8.03. The highest BCUT2D eigenvalue weighted by Crippen LogP contribution is 2.19. The van der Waals surface area contributed by atoms with Crippen molar-refractivity contribution in [3.8, 4) is 0 Å². The van der Waals surface area contributed by atoms with Gasteiger partial charge in [-0.05, 0) is 37.6 Å². The first-order valence-corrected chi connectivity index (χ1v) is 9.83. The molecule has 0 unspecified atom stereocenters. The topological polar surface area (TPSA) is 34.4 Å². The summed E-state index contributed by atoms with van der Waals surface area (Å²) in [5.41, 5.74) is 2.38. The molecule has 24 heavy (non-hydrogen) atoms. The molecule has 0 N–H and O–H groups in total. The van der Waals surface area contributed by atoms with E-state index in [0.717, 1.165) is 28.2 Å². The van der Waals surface area contributed by atoms with Crippen molar-refractivity contribution in [2.75, 3.05) is 5.75 Å². The van der Waals surface area contributed by atoms with E-state index in [4.69, 9.17) is 0 Å². The molecule has 0 bridgehead atoms. The Morgan fingerprint density at radius 1 is 1.17 bits per heavy atom. The average Bonchev–Trinajstić information content (AvgIpc) is 2.92. The molecule has 0 fully saturated rings. The van der Waals surface area contributed by atoms with Crippen LogP contribution in [0.2, 0.25) is 0 Å². The van der Waals surface area contributed by atoms with Crippen molar-refractivity contribution in [2.24, 2.45) is 4.99 Å². The fraction of sp³-hybridized carbons (Fsp3) is 0.263. The van der Waals surface area contributed by atoms with Crippen LogP contribution in [0.5, 0.6) is 0 Å². The van der Waals surface area contributed by atoms with Crippen LogP contribution >= 0.6 is 23.1 Å². The third kappa shape index (κ3) is 3.97. The number of hydrogen-bond donors (Lipinski definition) is 0.